The van der Waals surface area contributed by atoms with Gasteiger partial charge in [-0.15, -0.1) is 11.3 Å². The molecule has 3 heterocycles. The summed E-state index contributed by atoms with van der Waals surface area (Å²) in [6.07, 6.45) is 1.86. The number of pyridine rings is 1. The molecule has 1 fully saturated rings. The van der Waals surface area contributed by atoms with Crippen molar-refractivity contribution in [2.75, 3.05) is 36.0 Å². The first-order valence-corrected chi connectivity index (χ1v) is 7.72. The fourth-order valence-corrected chi connectivity index (χ4v) is 3.18. The van der Waals surface area contributed by atoms with E-state index in [0.29, 0.717) is 6.54 Å². The quantitative estimate of drug-likeness (QED) is 0.930. The average molecular weight is 289 g/mol. The molecule has 2 aromatic rings. The van der Waals surface area contributed by atoms with Gasteiger partial charge in [-0.1, -0.05) is 6.07 Å². The van der Waals surface area contributed by atoms with Gasteiger partial charge >= 0.3 is 0 Å². The molecule has 0 aromatic carbocycles. The van der Waals surface area contributed by atoms with Crippen LogP contribution >= 0.6 is 11.3 Å². The number of nitrogens with two attached hydrogens (primary N) is 1. The second-order valence-corrected chi connectivity index (χ2v) is 5.80. The molecule has 0 radical (unpaired) electrons. The van der Waals surface area contributed by atoms with Crippen molar-refractivity contribution < 1.29 is 0 Å². The number of hydrogen-bond donors (Lipinski definition) is 1. The molecule has 0 atom stereocenters. The van der Waals surface area contributed by atoms with Gasteiger partial charge in [-0.3, -0.25) is 0 Å². The predicted molar refractivity (Wildman–Crippen MR) is 83.4 cm³/mol. The lowest BCUT2D eigenvalue weighted by Gasteiger charge is -2.36. The van der Waals surface area contributed by atoms with E-state index in [0.717, 1.165) is 48.4 Å². The van der Waals surface area contributed by atoms with E-state index in [1.807, 2.05) is 24.6 Å². The van der Waals surface area contributed by atoms with E-state index in [1.54, 1.807) is 11.3 Å². The summed E-state index contributed by atoms with van der Waals surface area (Å²) in [5.74, 6) is 1.05. The summed E-state index contributed by atoms with van der Waals surface area (Å²) in [7, 11) is 0. The van der Waals surface area contributed by atoms with Gasteiger partial charge in [0, 0.05) is 55.6 Å². The van der Waals surface area contributed by atoms with Crippen LogP contribution in [0.15, 0.2) is 23.7 Å². The lowest BCUT2D eigenvalue weighted by atomic mass is 10.2. The van der Waals surface area contributed by atoms with E-state index in [2.05, 4.69) is 25.8 Å². The van der Waals surface area contributed by atoms with Crippen LogP contribution in [0.4, 0.5) is 10.9 Å². The lowest BCUT2D eigenvalue weighted by molar-refractivity contribution is 0.642. The monoisotopic (exact) mass is 289 g/mol. The molecule has 1 aliphatic heterocycles. The first-order valence-electron chi connectivity index (χ1n) is 6.84. The molecule has 0 spiro atoms. The number of nitrogens with zero attached hydrogens (tertiary/aromatic N) is 4. The van der Waals surface area contributed by atoms with E-state index in [4.69, 9.17) is 5.73 Å². The largest absolute Gasteiger partial charge is 0.353 e. The molecule has 1 aliphatic rings. The fourth-order valence-electron chi connectivity index (χ4n) is 2.49. The van der Waals surface area contributed by atoms with Crippen LogP contribution in [0.25, 0.3) is 0 Å². The maximum atomic E-state index is 5.83. The molecule has 2 N–H and O–H groups in total. The molecule has 3 rings (SSSR count). The molecule has 6 heteroatoms. The Hall–Kier alpha value is -1.66. The highest BCUT2D eigenvalue weighted by atomic mass is 32.1. The van der Waals surface area contributed by atoms with Gasteiger partial charge in [0.15, 0.2) is 5.13 Å². The third-order valence-corrected chi connectivity index (χ3v) is 4.42. The minimum atomic E-state index is 0.537. The molecule has 106 valence electrons. The summed E-state index contributed by atoms with van der Waals surface area (Å²) in [5, 5.41) is 3.14. The van der Waals surface area contributed by atoms with E-state index >= 15 is 0 Å². The fraction of sp³-hybridized carbons (Fsp3) is 0.429. The second kappa shape index (κ2) is 5.76. The van der Waals surface area contributed by atoms with Gasteiger partial charge in [-0.05, 0) is 13.0 Å². The third kappa shape index (κ3) is 2.62. The molecular formula is C14H19N5S. The molecule has 2 aromatic heterocycles. The van der Waals surface area contributed by atoms with Gasteiger partial charge in [0.25, 0.3) is 0 Å². The van der Waals surface area contributed by atoms with Crippen molar-refractivity contribution in [3.05, 3.63) is 35.0 Å². The zero-order valence-corrected chi connectivity index (χ0v) is 12.4. The first-order chi connectivity index (χ1) is 9.78. The van der Waals surface area contributed by atoms with E-state index in [1.165, 1.54) is 0 Å². The van der Waals surface area contributed by atoms with Gasteiger partial charge in [0.2, 0.25) is 0 Å². The van der Waals surface area contributed by atoms with Gasteiger partial charge < -0.3 is 15.5 Å². The van der Waals surface area contributed by atoms with Crippen LogP contribution in [0, 0.1) is 6.92 Å². The van der Waals surface area contributed by atoms with Crippen LogP contribution < -0.4 is 15.5 Å². The SMILES string of the molecule is Cc1ccc(CN)c(N2CCN(c3nccs3)CC2)n1. The lowest BCUT2D eigenvalue weighted by Crippen LogP contribution is -2.47. The molecule has 0 unspecified atom stereocenters. The van der Waals surface area contributed by atoms with Crippen LogP contribution in [0.1, 0.15) is 11.3 Å². The van der Waals surface area contributed by atoms with Crippen LogP contribution in [0.3, 0.4) is 0 Å². The van der Waals surface area contributed by atoms with Gasteiger partial charge in [0.05, 0.1) is 0 Å². The van der Waals surface area contributed by atoms with Crippen molar-refractivity contribution in [2.24, 2.45) is 5.73 Å². The maximum absolute atomic E-state index is 5.83. The highest BCUT2D eigenvalue weighted by Gasteiger charge is 2.21. The highest BCUT2D eigenvalue weighted by Crippen LogP contribution is 2.23. The Morgan fingerprint density at radius 2 is 1.95 bits per heavy atom. The van der Waals surface area contributed by atoms with E-state index in [9.17, 15) is 0 Å². The number of piperazine rings is 1. The number of thiazole rings is 1. The maximum Gasteiger partial charge on any atom is 0.185 e. The van der Waals surface area contributed by atoms with Gasteiger partial charge in [-0.2, -0.15) is 0 Å². The zero-order valence-electron chi connectivity index (χ0n) is 11.6. The Kier molecular flexibility index (Phi) is 3.84. The van der Waals surface area contributed by atoms with Crippen LogP contribution in [-0.4, -0.2) is 36.1 Å². The van der Waals surface area contributed by atoms with E-state index in [-0.39, 0.29) is 0 Å². The Bertz CT molecular complexity index is 561. The van der Waals surface area contributed by atoms with Crippen molar-refractivity contribution in [2.45, 2.75) is 13.5 Å². The molecule has 20 heavy (non-hydrogen) atoms. The van der Waals surface area contributed by atoms with Crippen molar-refractivity contribution in [1.29, 1.82) is 0 Å². The predicted octanol–water partition coefficient (Wildman–Crippen LogP) is 1.63. The molecule has 5 nitrogen and oxygen atoms in total. The van der Waals surface area contributed by atoms with Crippen molar-refractivity contribution in [3.8, 4) is 0 Å². The number of hydrogen-bond acceptors (Lipinski definition) is 6. The summed E-state index contributed by atoms with van der Waals surface area (Å²) in [5.41, 5.74) is 7.99. The zero-order chi connectivity index (χ0) is 13.9. The highest BCUT2D eigenvalue weighted by molar-refractivity contribution is 7.13. The standard InChI is InChI=1S/C14H19N5S/c1-11-2-3-12(10-15)13(17-11)18-5-7-19(8-6-18)14-16-4-9-20-14/h2-4,9H,5-8,10,15H2,1H3. The minimum Gasteiger partial charge on any atom is -0.353 e. The third-order valence-electron chi connectivity index (χ3n) is 3.58. The van der Waals surface area contributed by atoms with Crippen molar-refractivity contribution in [3.63, 3.8) is 0 Å². The molecule has 0 saturated carbocycles. The van der Waals surface area contributed by atoms with Crippen LogP contribution in [0.5, 0.6) is 0 Å². The van der Waals surface area contributed by atoms with Crippen molar-refractivity contribution in [1.82, 2.24) is 9.97 Å². The van der Waals surface area contributed by atoms with Crippen LogP contribution in [0.2, 0.25) is 0 Å². The number of rotatable bonds is 3. The number of aryl methyl sites for hydroxylation is 1. The Morgan fingerprint density at radius 1 is 1.20 bits per heavy atom. The van der Waals surface area contributed by atoms with Gasteiger partial charge in [-0.25, -0.2) is 9.97 Å². The molecule has 0 bridgehead atoms. The number of anilines is 2. The minimum absolute atomic E-state index is 0.537. The van der Waals surface area contributed by atoms with E-state index < -0.39 is 0 Å². The van der Waals surface area contributed by atoms with Crippen molar-refractivity contribution >= 4 is 22.3 Å². The average Bonchev–Trinajstić information content (AvgIpc) is 3.02. The van der Waals surface area contributed by atoms with Crippen LogP contribution in [-0.2, 0) is 6.54 Å². The molecular weight excluding hydrogens is 270 g/mol. The smallest absolute Gasteiger partial charge is 0.185 e. The summed E-state index contributed by atoms with van der Waals surface area (Å²) >= 11 is 1.70. The Labute approximate surface area is 123 Å². The second-order valence-electron chi connectivity index (χ2n) is 4.93. The topological polar surface area (TPSA) is 58.3 Å². The Balaban J connectivity index is 1.73. The first kappa shape index (κ1) is 13.3. The van der Waals surface area contributed by atoms with Gasteiger partial charge in [0.1, 0.15) is 5.82 Å². The normalized spacial score (nSPS) is 15.7. The summed E-state index contributed by atoms with van der Waals surface area (Å²) in [6.45, 7) is 6.44. The number of aromatic nitrogens is 2. The molecule has 0 amide bonds. The molecule has 1 saturated heterocycles. The summed E-state index contributed by atoms with van der Waals surface area (Å²) < 4.78 is 0. The summed E-state index contributed by atoms with van der Waals surface area (Å²) in [4.78, 5) is 13.7. The Morgan fingerprint density at radius 3 is 2.60 bits per heavy atom. The molecule has 0 aliphatic carbocycles. The summed E-state index contributed by atoms with van der Waals surface area (Å²) in [6, 6.07) is 4.11.